The molecular formula is C17H20ClN3O2S. The molecule has 1 aliphatic heterocycles. The average Bonchev–Trinajstić information content (AvgIpc) is 3.03. The van der Waals surface area contributed by atoms with Crippen molar-refractivity contribution in [1.29, 1.82) is 0 Å². The van der Waals surface area contributed by atoms with Crippen molar-refractivity contribution in [2.24, 2.45) is 5.92 Å². The van der Waals surface area contributed by atoms with Gasteiger partial charge < -0.3 is 15.4 Å². The lowest BCUT2D eigenvalue weighted by atomic mass is 9.92. The van der Waals surface area contributed by atoms with Gasteiger partial charge in [0, 0.05) is 22.9 Å². The van der Waals surface area contributed by atoms with Gasteiger partial charge in [0.05, 0.1) is 17.8 Å². The number of carbonyl (C=O) groups is 1. The van der Waals surface area contributed by atoms with Crippen LogP contribution >= 0.6 is 22.9 Å². The Hall–Kier alpha value is -1.63. The molecule has 0 saturated carbocycles. The minimum atomic E-state index is 0.0454. The highest BCUT2D eigenvalue weighted by molar-refractivity contribution is 7.14. The Labute approximate surface area is 150 Å². The first-order valence-corrected chi connectivity index (χ1v) is 9.16. The summed E-state index contributed by atoms with van der Waals surface area (Å²) < 4.78 is 5.16. The van der Waals surface area contributed by atoms with Gasteiger partial charge in [-0.25, -0.2) is 4.98 Å². The third-order valence-electron chi connectivity index (χ3n) is 4.18. The number of ether oxygens (including phenoxy) is 1. The number of amides is 1. The summed E-state index contributed by atoms with van der Waals surface area (Å²) in [6.07, 6.45) is 1.72. The fraction of sp³-hybridized carbons (Fsp3) is 0.412. The fourth-order valence-electron chi connectivity index (χ4n) is 2.87. The number of methoxy groups -OCH3 is 1. The molecule has 7 heteroatoms. The Morgan fingerprint density at radius 2 is 2.33 bits per heavy atom. The molecule has 5 nitrogen and oxygen atoms in total. The van der Waals surface area contributed by atoms with Crippen molar-refractivity contribution in [1.82, 2.24) is 10.3 Å². The third kappa shape index (κ3) is 3.88. The maximum Gasteiger partial charge on any atom is 0.229 e. The SMILES string of the molecule is COc1ccc(-c2csc(NC(=O)[C@H]3CCN[C@@H](C)C3)n2)cc1Cl. The topological polar surface area (TPSA) is 63.2 Å². The summed E-state index contributed by atoms with van der Waals surface area (Å²) in [7, 11) is 1.58. The van der Waals surface area contributed by atoms with Gasteiger partial charge in [0.25, 0.3) is 0 Å². The fourth-order valence-corrected chi connectivity index (χ4v) is 3.85. The first kappa shape index (κ1) is 17.2. The first-order valence-electron chi connectivity index (χ1n) is 7.90. The molecule has 0 radical (unpaired) electrons. The van der Waals surface area contributed by atoms with Gasteiger partial charge in [0.15, 0.2) is 5.13 Å². The Bertz CT molecular complexity index is 734. The third-order valence-corrected chi connectivity index (χ3v) is 5.23. The number of rotatable bonds is 4. The standard InChI is InChI=1S/C17H20ClN3O2S/c1-10-7-12(5-6-19-10)16(22)21-17-20-14(9-24-17)11-3-4-15(23-2)13(18)8-11/h3-4,8-10,12,19H,5-7H2,1-2H3,(H,20,21,22)/t10-,12-/m0/s1. The predicted octanol–water partition coefficient (Wildman–Crippen LogP) is 3.80. The van der Waals surface area contributed by atoms with Crippen LogP contribution in [0.2, 0.25) is 5.02 Å². The zero-order valence-corrected chi connectivity index (χ0v) is 15.2. The van der Waals surface area contributed by atoms with Gasteiger partial charge in [-0.2, -0.15) is 0 Å². The molecule has 0 unspecified atom stereocenters. The van der Waals surface area contributed by atoms with Crippen molar-refractivity contribution in [2.45, 2.75) is 25.8 Å². The number of thiazole rings is 1. The summed E-state index contributed by atoms with van der Waals surface area (Å²) in [5.41, 5.74) is 1.69. The van der Waals surface area contributed by atoms with Crippen molar-refractivity contribution in [3.05, 3.63) is 28.6 Å². The maximum atomic E-state index is 12.4. The molecular weight excluding hydrogens is 346 g/mol. The number of nitrogens with one attached hydrogen (secondary N) is 2. The van der Waals surface area contributed by atoms with Crippen molar-refractivity contribution in [3.8, 4) is 17.0 Å². The largest absolute Gasteiger partial charge is 0.495 e. The van der Waals surface area contributed by atoms with E-state index in [0.29, 0.717) is 21.9 Å². The van der Waals surface area contributed by atoms with Crippen molar-refractivity contribution >= 4 is 34.0 Å². The van der Waals surface area contributed by atoms with E-state index in [0.717, 1.165) is 30.6 Å². The van der Waals surface area contributed by atoms with Crippen LogP contribution in [0.5, 0.6) is 5.75 Å². The van der Waals surface area contributed by atoms with Gasteiger partial charge in [-0.15, -0.1) is 11.3 Å². The number of nitrogens with zero attached hydrogens (tertiary/aromatic N) is 1. The molecule has 2 N–H and O–H groups in total. The predicted molar refractivity (Wildman–Crippen MR) is 97.9 cm³/mol. The highest BCUT2D eigenvalue weighted by atomic mass is 35.5. The molecule has 0 spiro atoms. The molecule has 1 aliphatic rings. The van der Waals surface area contributed by atoms with E-state index >= 15 is 0 Å². The maximum absolute atomic E-state index is 12.4. The van der Waals surface area contributed by atoms with Crippen LogP contribution in [0.25, 0.3) is 11.3 Å². The zero-order chi connectivity index (χ0) is 17.1. The molecule has 2 atom stereocenters. The normalized spacial score (nSPS) is 20.6. The summed E-state index contributed by atoms with van der Waals surface area (Å²) in [4.78, 5) is 16.9. The van der Waals surface area contributed by atoms with E-state index in [1.54, 1.807) is 7.11 Å². The number of halogens is 1. The van der Waals surface area contributed by atoms with Crippen molar-refractivity contribution in [3.63, 3.8) is 0 Å². The quantitative estimate of drug-likeness (QED) is 0.865. The van der Waals surface area contributed by atoms with Gasteiger partial charge in [0.2, 0.25) is 5.91 Å². The second-order valence-corrected chi connectivity index (χ2v) is 7.22. The van der Waals surface area contributed by atoms with E-state index in [1.165, 1.54) is 11.3 Å². The van der Waals surface area contributed by atoms with E-state index < -0.39 is 0 Å². The van der Waals surface area contributed by atoms with Crippen LogP contribution in [-0.4, -0.2) is 30.6 Å². The van der Waals surface area contributed by atoms with Gasteiger partial charge in [-0.3, -0.25) is 4.79 Å². The highest BCUT2D eigenvalue weighted by Gasteiger charge is 2.25. The van der Waals surface area contributed by atoms with E-state index in [4.69, 9.17) is 16.3 Å². The van der Waals surface area contributed by atoms with Crippen molar-refractivity contribution < 1.29 is 9.53 Å². The summed E-state index contributed by atoms with van der Waals surface area (Å²) >= 11 is 7.58. The van der Waals surface area contributed by atoms with Crippen LogP contribution in [-0.2, 0) is 4.79 Å². The number of carbonyl (C=O) groups excluding carboxylic acids is 1. The molecule has 2 aromatic rings. The second kappa shape index (κ2) is 7.51. The Morgan fingerprint density at radius 3 is 3.04 bits per heavy atom. The smallest absolute Gasteiger partial charge is 0.229 e. The summed E-state index contributed by atoms with van der Waals surface area (Å²) in [5.74, 6) is 0.727. The molecule has 128 valence electrons. The van der Waals surface area contributed by atoms with Gasteiger partial charge in [0.1, 0.15) is 5.75 Å². The van der Waals surface area contributed by atoms with Gasteiger partial charge >= 0.3 is 0 Å². The molecule has 24 heavy (non-hydrogen) atoms. The van der Waals surface area contributed by atoms with Gasteiger partial charge in [-0.1, -0.05) is 11.6 Å². The molecule has 3 rings (SSSR count). The molecule has 0 aliphatic carbocycles. The molecule has 1 aromatic carbocycles. The Balaban J connectivity index is 1.69. The van der Waals surface area contributed by atoms with E-state index in [9.17, 15) is 4.79 Å². The number of aromatic nitrogens is 1. The first-order chi connectivity index (χ1) is 11.6. The monoisotopic (exact) mass is 365 g/mol. The average molecular weight is 366 g/mol. The van der Waals surface area contributed by atoms with Crippen LogP contribution in [0.4, 0.5) is 5.13 Å². The van der Waals surface area contributed by atoms with E-state index in [2.05, 4.69) is 22.5 Å². The Kier molecular flexibility index (Phi) is 5.38. The van der Waals surface area contributed by atoms with Crippen LogP contribution in [0, 0.1) is 5.92 Å². The van der Waals surface area contributed by atoms with Gasteiger partial charge in [-0.05, 0) is 44.5 Å². The molecule has 1 saturated heterocycles. The number of anilines is 1. The highest BCUT2D eigenvalue weighted by Crippen LogP contribution is 2.32. The minimum absolute atomic E-state index is 0.0454. The number of benzene rings is 1. The van der Waals surface area contributed by atoms with Crippen LogP contribution in [0.3, 0.4) is 0 Å². The second-order valence-electron chi connectivity index (χ2n) is 5.95. The lowest BCUT2D eigenvalue weighted by Gasteiger charge is -2.26. The molecule has 1 amide bonds. The molecule has 1 fully saturated rings. The zero-order valence-electron chi connectivity index (χ0n) is 13.6. The van der Waals surface area contributed by atoms with E-state index in [1.807, 2.05) is 23.6 Å². The van der Waals surface area contributed by atoms with E-state index in [-0.39, 0.29) is 11.8 Å². The summed E-state index contributed by atoms with van der Waals surface area (Å²) in [6, 6.07) is 5.91. The summed E-state index contributed by atoms with van der Waals surface area (Å²) in [6.45, 7) is 2.99. The van der Waals surface area contributed by atoms with Crippen molar-refractivity contribution in [2.75, 3.05) is 19.0 Å². The summed E-state index contributed by atoms with van der Waals surface area (Å²) in [5, 5.41) is 9.37. The minimum Gasteiger partial charge on any atom is -0.495 e. The number of piperidine rings is 1. The number of hydrogen-bond acceptors (Lipinski definition) is 5. The van der Waals surface area contributed by atoms with Crippen LogP contribution in [0.15, 0.2) is 23.6 Å². The van der Waals surface area contributed by atoms with Crippen LogP contribution < -0.4 is 15.4 Å². The van der Waals surface area contributed by atoms with Crippen LogP contribution in [0.1, 0.15) is 19.8 Å². The molecule has 0 bridgehead atoms. The lowest BCUT2D eigenvalue weighted by Crippen LogP contribution is -2.40. The molecule has 1 aromatic heterocycles. The Morgan fingerprint density at radius 1 is 1.50 bits per heavy atom. The molecule has 2 heterocycles. The lowest BCUT2D eigenvalue weighted by molar-refractivity contribution is -0.120. The number of hydrogen-bond donors (Lipinski definition) is 2.